The molecule has 0 saturated carbocycles. The molecule has 96 valence electrons. The second-order valence-electron chi connectivity index (χ2n) is 5.05. The fraction of sp³-hybridized carbons (Fsp3) is 0.312. The Hall–Kier alpha value is -1.83. The molecule has 0 bridgehead atoms. The molecule has 2 atom stereocenters. The van der Waals surface area contributed by atoms with Gasteiger partial charge in [0.05, 0.1) is 5.54 Å². The first kappa shape index (κ1) is 14.2. The molecular formula is C16H22N2. The van der Waals surface area contributed by atoms with Crippen molar-refractivity contribution in [2.75, 3.05) is 0 Å². The van der Waals surface area contributed by atoms with Crippen LogP contribution in [0.5, 0.6) is 0 Å². The van der Waals surface area contributed by atoms with E-state index in [4.69, 9.17) is 0 Å². The number of hydrogen-bond acceptors (Lipinski definition) is 2. The lowest BCUT2D eigenvalue weighted by Crippen LogP contribution is -2.47. The topological polar surface area (TPSA) is 24.4 Å². The smallest absolute Gasteiger partial charge is 0.0877 e. The summed E-state index contributed by atoms with van der Waals surface area (Å²) in [6.45, 7) is 21.4. The van der Waals surface area contributed by atoms with Crippen LogP contribution >= 0.6 is 0 Å². The Bertz CT molecular complexity index is 467. The van der Waals surface area contributed by atoms with E-state index in [1.165, 1.54) is 5.57 Å². The molecule has 1 N–H and O–H groups in total. The summed E-state index contributed by atoms with van der Waals surface area (Å²) >= 11 is 0. The van der Waals surface area contributed by atoms with Gasteiger partial charge in [0.2, 0.25) is 0 Å². The molecule has 0 fully saturated rings. The third kappa shape index (κ3) is 2.23. The van der Waals surface area contributed by atoms with E-state index >= 15 is 0 Å². The van der Waals surface area contributed by atoms with Gasteiger partial charge in [-0.05, 0) is 39.6 Å². The van der Waals surface area contributed by atoms with E-state index in [-0.39, 0.29) is 11.0 Å². The normalized spacial score (nSPS) is 30.3. The highest BCUT2D eigenvalue weighted by molar-refractivity contribution is 5.45. The lowest BCUT2D eigenvalue weighted by molar-refractivity contribution is 0.291. The van der Waals surface area contributed by atoms with Crippen LogP contribution in [0.15, 0.2) is 66.0 Å². The molecule has 1 aliphatic carbocycles. The van der Waals surface area contributed by atoms with Gasteiger partial charge in [0.15, 0.2) is 0 Å². The largest absolute Gasteiger partial charge is 0.357 e. The summed E-state index contributed by atoms with van der Waals surface area (Å²) in [5.74, 6) is 0. The minimum absolute atomic E-state index is 0.102. The summed E-state index contributed by atoms with van der Waals surface area (Å²) in [5, 5.41) is 3.07. The lowest BCUT2D eigenvalue weighted by Gasteiger charge is -2.48. The number of nitrogens with one attached hydrogen (secondary N) is 1. The third-order valence-electron chi connectivity index (χ3n) is 3.90. The molecule has 2 nitrogen and oxygen atoms in total. The number of rotatable bonds is 6. The highest BCUT2D eigenvalue weighted by atomic mass is 14.9. The highest BCUT2D eigenvalue weighted by Gasteiger charge is 2.47. The molecule has 0 amide bonds. The van der Waals surface area contributed by atoms with Gasteiger partial charge in [-0.3, -0.25) is 4.99 Å². The maximum atomic E-state index is 4.22. The first-order valence-corrected chi connectivity index (χ1v) is 5.93. The van der Waals surface area contributed by atoms with Crippen molar-refractivity contribution < 1.29 is 0 Å². The van der Waals surface area contributed by atoms with Gasteiger partial charge < -0.3 is 5.32 Å². The number of allylic oxidation sites excluding steroid dienone is 2. The van der Waals surface area contributed by atoms with Crippen LogP contribution in [-0.4, -0.2) is 12.3 Å². The van der Waals surface area contributed by atoms with E-state index in [2.05, 4.69) is 69.7 Å². The molecule has 0 aromatic heterocycles. The van der Waals surface area contributed by atoms with Crippen molar-refractivity contribution in [2.24, 2.45) is 10.4 Å². The van der Waals surface area contributed by atoms with Gasteiger partial charge in [0.1, 0.15) is 0 Å². The summed E-state index contributed by atoms with van der Waals surface area (Å²) in [6.07, 6.45) is 7.91. The molecule has 0 aliphatic heterocycles. The van der Waals surface area contributed by atoms with E-state index in [0.29, 0.717) is 0 Å². The maximum absolute atomic E-state index is 4.22. The van der Waals surface area contributed by atoms with Crippen molar-refractivity contribution in [2.45, 2.75) is 26.3 Å². The second-order valence-corrected chi connectivity index (χ2v) is 5.05. The third-order valence-corrected chi connectivity index (χ3v) is 3.90. The average molecular weight is 242 g/mol. The Labute approximate surface area is 110 Å². The van der Waals surface area contributed by atoms with Crippen LogP contribution in [0.1, 0.15) is 20.8 Å². The monoisotopic (exact) mass is 242 g/mol. The zero-order valence-electron chi connectivity index (χ0n) is 11.6. The van der Waals surface area contributed by atoms with Crippen LogP contribution in [-0.2, 0) is 0 Å². The van der Waals surface area contributed by atoms with Gasteiger partial charge in [0, 0.05) is 16.8 Å². The van der Waals surface area contributed by atoms with Gasteiger partial charge in [-0.25, -0.2) is 0 Å². The molecule has 18 heavy (non-hydrogen) atoms. The van der Waals surface area contributed by atoms with Crippen LogP contribution in [0.2, 0.25) is 0 Å². The average Bonchev–Trinajstić information content (AvgIpc) is 2.34. The molecule has 2 heteroatoms. The zero-order chi connectivity index (χ0) is 14.0. The molecule has 0 aromatic rings. The van der Waals surface area contributed by atoms with Crippen LogP contribution in [0, 0.1) is 5.41 Å². The first-order chi connectivity index (χ1) is 8.29. The first-order valence-electron chi connectivity index (χ1n) is 5.93. The number of aliphatic imine (C=N–C) groups is 1. The van der Waals surface area contributed by atoms with Crippen LogP contribution < -0.4 is 5.32 Å². The van der Waals surface area contributed by atoms with Gasteiger partial charge >= 0.3 is 0 Å². The van der Waals surface area contributed by atoms with Gasteiger partial charge in [0.25, 0.3) is 0 Å². The van der Waals surface area contributed by atoms with E-state index in [1.807, 2.05) is 6.08 Å². The molecule has 0 aromatic carbocycles. The minimum Gasteiger partial charge on any atom is -0.357 e. The van der Waals surface area contributed by atoms with Crippen molar-refractivity contribution in [3.8, 4) is 0 Å². The molecule has 0 heterocycles. The highest BCUT2D eigenvalue weighted by Crippen LogP contribution is 2.50. The second kappa shape index (κ2) is 4.81. The number of nitrogens with zero attached hydrogens (tertiary/aromatic N) is 1. The van der Waals surface area contributed by atoms with Crippen LogP contribution in [0.4, 0.5) is 0 Å². The summed E-state index contributed by atoms with van der Waals surface area (Å²) in [4.78, 5) is 4.22. The SMILES string of the molecule is C=CC(=C)NC(=C)/C=C(\C)[C@]1(C)C=CC1(C)N=C. The maximum Gasteiger partial charge on any atom is 0.0877 e. The van der Waals surface area contributed by atoms with E-state index in [1.54, 1.807) is 6.08 Å². The Balaban J connectivity index is 2.89. The van der Waals surface area contributed by atoms with Crippen LogP contribution in [0.3, 0.4) is 0 Å². The number of hydrogen-bond donors (Lipinski definition) is 1. The van der Waals surface area contributed by atoms with Crippen molar-refractivity contribution in [3.63, 3.8) is 0 Å². The Kier molecular flexibility index (Phi) is 3.80. The Morgan fingerprint density at radius 2 is 1.83 bits per heavy atom. The molecule has 1 unspecified atom stereocenters. The van der Waals surface area contributed by atoms with Gasteiger partial charge in [-0.1, -0.05) is 37.5 Å². The van der Waals surface area contributed by atoms with E-state index in [9.17, 15) is 0 Å². The standard InChI is InChI=1S/C16H22N2/c1-8-13(3)18-14(4)11-12(2)15(5)9-10-16(15,6)17-7/h8-11,18H,1,3-4,7H2,2,5-6H3/b12-11+/t15-,16?/m0/s1. The summed E-state index contributed by atoms with van der Waals surface area (Å²) in [5.41, 5.74) is 2.39. The lowest BCUT2D eigenvalue weighted by atomic mass is 9.60. The van der Waals surface area contributed by atoms with Crippen molar-refractivity contribution in [1.82, 2.24) is 5.32 Å². The minimum atomic E-state index is -0.233. The Morgan fingerprint density at radius 3 is 2.22 bits per heavy atom. The zero-order valence-corrected chi connectivity index (χ0v) is 11.6. The summed E-state index contributed by atoms with van der Waals surface area (Å²) < 4.78 is 0. The Morgan fingerprint density at radius 1 is 1.22 bits per heavy atom. The quantitative estimate of drug-likeness (QED) is 0.428. The fourth-order valence-corrected chi connectivity index (χ4v) is 2.03. The van der Waals surface area contributed by atoms with E-state index < -0.39 is 0 Å². The summed E-state index contributed by atoms with van der Waals surface area (Å²) in [7, 11) is 0. The molecule has 0 saturated heterocycles. The van der Waals surface area contributed by atoms with E-state index in [0.717, 1.165) is 11.4 Å². The molecule has 0 spiro atoms. The molecule has 1 rings (SSSR count). The van der Waals surface area contributed by atoms with Gasteiger partial charge in [-0.2, -0.15) is 0 Å². The molecule has 0 radical (unpaired) electrons. The van der Waals surface area contributed by atoms with Gasteiger partial charge in [-0.15, -0.1) is 0 Å². The van der Waals surface area contributed by atoms with Crippen molar-refractivity contribution >= 4 is 6.72 Å². The molecular weight excluding hydrogens is 220 g/mol. The van der Waals surface area contributed by atoms with Crippen molar-refractivity contribution in [3.05, 3.63) is 61.0 Å². The fourth-order valence-electron chi connectivity index (χ4n) is 2.03. The predicted octanol–water partition coefficient (Wildman–Crippen LogP) is 3.77. The molecule has 1 aliphatic rings. The van der Waals surface area contributed by atoms with Crippen molar-refractivity contribution in [1.29, 1.82) is 0 Å². The summed E-state index contributed by atoms with van der Waals surface area (Å²) in [6, 6.07) is 0. The van der Waals surface area contributed by atoms with Crippen LogP contribution in [0.25, 0.3) is 0 Å². The predicted molar refractivity (Wildman–Crippen MR) is 80.6 cm³/mol.